The van der Waals surface area contributed by atoms with Gasteiger partial charge in [0.25, 0.3) is 5.91 Å². The number of esters is 1. The van der Waals surface area contributed by atoms with Crippen molar-refractivity contribution in [2.45, 2.75) is 51.7 Å². The number of carbonyl (C=O) groups is 2. The molecule has 1 fully saturated rings. The van der Waals surface area contributed by atoms with Crippen LogP contribution >= 0.6 is 23.7 Å². The van der Waals surface area contributed by atoms with Gasteiger partial charge in [-0.05, 0) is 18.9 Å². The maximum absolute atomic E-state index is 12.9. The number of imidazole rings is 1. The molecule has 28 heavy (non-hydrogen) atoms. The van der Waals surface area contributed by atoms with Crippen LogP contribution in [0.15, 0.2) is 24.4 Å². The van der Waals surface area contributed by atoms with Crippen LogP contribution in [0.3, 0.4) is 0 Å². The Morgan fingerprint density at radius 1 is 1.29 bits per heavy atom. The largest absolute Gasteiger partial charge is 0.461 e. The summed E-state index contributed by atoms with van der Waals surface area (Å²) in [4.78, 5) is 32.1. The Kier molecular flexibility index (Phi) is 6.25. The van der Waals surface area contributed by atoms with Crippen molar-refractivity contribution in [3.63, 3.8) is 0 Å². The molecule has 0 unspecified atom stereocenters. The molecule has 1 amide bonds. The number of nitrogens with zero attached hydrogens (tertiary/aromatic N) is 3. The Labute approximate surface area is 173 Å². The lowest BCUT2D eigenvalue weighted by molar-refractivity contribution is -0.142. The third-order valence-electron chi connectivity index (χ3n) is 5.30. The molecule has 0 radical (unpaired) electrons. The number of fused-ring (bicyclic) bond motifs is 3. The van der Waals surface area contributed by atoms with Crippen LogP contribution in [0.5, 0.6) is 0 Å². The molecule has 2 heterocycles. The minimum atomic E-state index is -0.313. The maximum Gasteiger partial charge on any atom is 0.302 e. The molecule has 1 saturated carbocycles. The third kappa shape index (κ3) is 3.86. The first-order valence-electron chi connectivity index (χ1n) is 9.34. The summed E-state index contributed by atoms with van der Waals surface area (Å²) in [7, 11) is 1.91. The first kappa shape index (κ1) is 20.6. The average molecular weight is 422 g/mol. The standard InChI is InChI=1S/C20H23N3O3S.ClH/c1-13(24)26-12-14-7-6-10-16-18(14)21-20-23(16)11-17(27-20)19(25)22(2)15-8-4-3-5-9-15;/h6-7,10-11,15H,3-5,8-9,12H2,1-2H3;1H. The van der Waals surface area contributed by atoms with Gasteiger partial charge in [0.15, 0.2) is 4.96 Å². The topological polar surface area (TPSA) is 63.9 Å². The van der Waals surface area contributed by atoms with Gasteiger partial charge in [0, 0.05) is 31.8 Å². The fraction of sp³-hybridized carbons (Fsp3) is 0.450. The van der Waals surface area contributed by atoms with E-state index in [0.717, 1.165) is 34.4 Å². The van der Waals surface area contributed by atoms with Crippen molar-refractivity contribution in [3.8, 4) is 0 Å². The van der Waals surface area contributed by atoms with Gasteiger partial charge in [-0.2, -0.15) is 0 Å². The number of aromatic nitrogens is 2. The molecule has 3 aromatic rings. The van der Waals surface area contributed by atoms with Gasteiger partial charge >= 0.3 is 5.97 Å². The molecule has 4 rings (SSSR count). The minimum absolute atomic E-state index is 0. The number of para-hydroxylation sites is 1. The van der Waals surface area contributed by atoms with Crippen molar-refractivity contribution < 1.29 is 14.3 Å². The summed E-state index contributed by atoms with van der Waals surface area (Å²) in [6.07, 6.45) is 7.73. The van der Waals surface area contributed by atoms with E-state index in [-0.39, 0.29) is 30.9 Å². The Morgan fingerprint density at radius 3 is 2.75 bits per heavy atom. The van der Waals surface area contributed by atoms with E-state index in [1.54, 1.807) is 0 Å². The average Bonchev–Trinajstić information content (AvgIpc) is 3.24. The summed E-state index contributed by atoms with van der Waals surface area (Å²) in [5.41, 5.74) is 2.60. The monoisotopic (exact) mass is 421 g/mol. The van der Waals surface area contributed by atoms with Gasteiger partial charge in [0.2, 0.25) is 0 Å². The van der Waals surface area contributed by atoms with Crippen LogP contribution in [0, 0.1) is 0 Å². The van der Waals surface area contributed by atoms with Crippen LogP contribution in [-0.2, 0) is 16.1 Å². The summed E-state index contributed by atoms with van der Waals surface area (Å²) >= 11 is 1.41. The molecule has 0 N–H and O–H groups in total. The van der Waals surface area contributed by atoms with E-state index in [9.17, 15) is 9.59 Å². The molecule has 1 aliphatic carbocycles. The number of thiazole rings is 1. The lowest BCUT2D eigenvalue weighted by Crippen LogP contribution is -2.37. The van der Waals surface area contributed by atoms with E-state index < -0.39 is 0 Å². The molecule has 150 valence electrons. The van der Waals surface area contributed by atoms with Crippen LogP contribution < -0.4 is 0 Å². The Morgan fingerprint density at radius 2 is 2.04 bits per heavy atom. The number of hydrogen-bond donors (Lipinski definition) is 0. The van der Waals surface area contributed by atoms with Crippen LogP contribution in [0.2, 0.25) is 0 Å². The molecule has 0 saturated heterocycles. The van der Waals surface area contributed by atoms with E-state index in [1.807, 2.05) is 40.7 Å². The zero-order valence-electron chi connectivity index (χ0n) is 16.0. The van der Waals surface area contributed by atoms with Crippen molar-refractivity contribution in [2.75, 3.05) is 7.05 Å². The molecule has 0 aliphatic heterocycles. The fourth-order valence-electron chi connectivity index (χ4n) is 3.80. The number of amides is 1. The van der Waals surface area contributed by atoms with Crippen molar-refractivity contribution in [1.82, 2.24) is 14.3 Å². The number of rotatable bonds is 4. The maximum atomic E-state index is 12.9. The second kappa shape index (κ2) is 8.49. The van der Waals surface area contributed by atoms with Crippen molar-refractivity contribution in [3.05, 3.63) is 34.8 Å². The van der Waals surface area contributed by atoms with Gasteiger partial charge in [0.1, 0.15) is 11.5 Å². The molecule has 1 aromatic carbocycles. The predicted molar refractivity (Wildman–Crippen MR) is 112 cm³/mol. The van der Waals surface area contributed by atoms with Crippen LogP contribution in [-0.4, -0.2) is 39.3 Å². The molecule has 1 aliphatic rings. The predicted octanol–water partition coefficient (Wildman–Crippen LogP) is 4.44. The van der Waals surface area contributed by atoms with Gasteiger partial charge in [-0.3, -0.25) is 14.0 Å². The lowest BCUT2D eigenvalue weighted by Gasteiger charge is -2.30. The normalized spacial score (nSPS) is 14.8. The van der Waals surface area contributed by atoms with Crippen molar-refractivity contribution in [1.29, 1.82) is 0 Å². The van der Waals surface area contributed by atoms with Crippen LogP contribution in [0.1, 0.15) is 54.3 Å². The quantitative estimate of drug-likeness (QED) is 0.584. The first-order chi connectivity index (χ1) is 13.0. The summed E-state index contributed by atoms with van der Waals surface area (Å²) in [5.74, 6) is -0.242. The van der Waals surface area contributed by atoms with E-state index in [0.29, 0.717) is 10.9 Å². The highest BCUT2D eigenvalue weighted by molar-refractivity contribution is 7.18. The second-order valence-electron chi connectivity index (χ2n) is 7.13. The molecule has 0 spiro atoms. The molecule has 0 atom stereocenters. The van der Waals surface area contributed by atoms with Gasteiger partial charge in [-0.1, -0.05) is 42.7 Å². The van der Waals surface area contributed by atoms with Gasteiger partial charge < -0.3 is 9.64 Å². The highest BCUT2D eigenvalue weighted by Gasteiger charge is 2.25. The Bertz CT molecular complexity index is 1010. The highest BCUT2D eigenvalue weighted by atomic mass is 35.5. The SMILES string of the molecule is CC(=O)OCc1cccc2c1nc1sc(C(=O)N(C)C3CCCCC3)cn12.Cl. The molecule has 2 aromatic heterocycles. The summed E-state index contributed by atoms with van der Waals surface area (Å²) in [6, 6.07) is 6.14. The first-order valence-corrected chi connectivity index (χ1v) is 10.2. The summed E-state index contributed by atoms with van der Waals surface area (Å²) in [6.45, 7) is 1.60. The van der Waals surface area contributed by atoms with Gasteiger partial charge in [-0.15, -0.1) is 12.4 Å². The van der Waals surface area contributed by atoms with E-state index in [4.69, 9.17) is 4.74 Å². The van der Waals surface area contributed by atoms with Crippen LogP contribution in [0.25, 0.3) is 16.0 Å². The molecule has 0 bridgehead atoms. The molecular formula is C20H24ClN3O3S. The van der Waals surface area contributed by atoms with E-state index >= 15 is 0 Å². The van der Waals surface area contributed by atoms with Crippen LogP contribution in [0.4, 0.5) is 0 Å². The summed E-state index contributed by atoms with van der Waals surface area (Å²) in [5, 5.41) is 0. The lowest BCUT2D eigenvalue weighted by atomic mass is 9.94. The van der Waals surface area contributed by atoms with Crippen molar-refractivity contribution >= 4 is 51.6 Å². The third-order valence-corrected chi connectivity index (χ3v) is 6.27. The molecule has 6 nitrogen and oxygen atoms in total. The number of ether oxygens (including phenoxy) is 1. The number of hydrogen-bond acceptors (Lipinski definition) is 5. The number of carbonyl (C=O) groups excluding carboxylic acids is 2. The van der Waals surface area contributed by atoms with Gasteiger partial charge in [0.05, 0.1) is 11.0 Å². The van der Waals surface area contributed by atoms with Crippen molar-refractivity contribution in [2.24, 2.45) is 0 Å². The minimum Gasteiger partial charge on any atom is -0.461 e. The number of benzene rings is 1. The molecular weight excluding hydrogens is 398 g/mol. The smallest absolute Gasteiger partial charge is 0.302 e. The zero-order chi connectivity index (χ0) is 19.0. The Balaban J connectivity index is 0.00000225. The highest BCUT2D eigenvalue weighted by Crippen LogP contribution is 2.29. The van der Waals surface area contributed by atoms with Gasteiger partial charge in [-0.25, -0.2) is 4.98 Å². The second-order valence-corrected chi connectivity index (χ2v) is 8.14. The number of halogens is 1. The van der Waals surface area contributed by atoms with E-state index in [1.165, 1.54) is 37.5 Å². The Hall–Kier alpha value is -2.12. The zero-order valence-corrected chi connectivity index (χ0v) is 17.6. The van der Waals surface area contributed by atoms with E-state index in [2.05, 4.69) is 4.98 Å². The summed E-state index contributed by atoms with van der Waals surface area (Å²) < 4.78 is 7.08. The fourth-order valence-corrected chi connectivity index (χ4v) is 4.77. The molecule has 8 heteroatoms.